The molecule has 1 N–H and O–H groups in total. The Labute approximate surface area is 607 Å². The molecular formula is C95H65BrN8. The van der Waals surface area contributed by atoms with Gasteiger partial charge in [-0.05, 0) is 168 Å². The van der Waals surface area contributed by atoms with Crippen molar-refractivity contribution in [3.05, 3.63) is 369 Å². The van der Waals surface area contributed by atoms with Crippen LogP contribution in [0.1, 0.15) is 7.43 Å². The van der Waals surface area contributed by atoms with E-state index in [0.29, 0.717) is 0 Å². The van der Waals surface area contributed by atoms with Gasteiger partial charge in [0, 0.05) is 92.7 Å². The highest BCUT2D eigenvalue weighted by Gasteiger charge is 2.24. The van der Waals surface area contributed by atoms with E-state index in [1.54, 1.807) is 0 Å². The van der Waals surface area contributed by atoms with E-state index in [-0.39, 0.29) is 7.43 Å². The summed E-state index contributed by atoms with van der Waals surface area (Å²) in [6.07, 6.45) is 3.72. The van der Waals surface area contributed by atoms with Crippen LogP contribution in [-0.2, 0) is 0 Å². The Morgan fingerprint density at radius 3 is 1.02 bits per heavy atom. The quantitative estimate of drug-likeness (QED) is 0.173. The van der Waals surface area contributed by atoms with Crippen molar-refractivity contribution in [2.24, 2.45) is 0 Å². The molecule has 22 aromatic rings. The van der Waals surface area contributed by atoms with Crippen LogP contribution >= 0.6 is 15.9 Å². The number of nitrogens with one attached hydrogen (secondary N) is 1. The number of hydrogen-bond donors (Lipinski definition) is 1. The topological polar surface area (TPSA) is 66.2 Å². The summed E-state index contributed by atoms with van der Waals surface area (Å²) in [6, 6.07) is 126. The van der Waals surface area contributed by atoms with Crippen LogP contribution in [0.4, 0.5) is 0 Å². The van der Waals surface area contributed by atoms with Crippen molar-refractivity contribution in [3.63, 3.8) is 0 Å². The van der Waals surface area contributed by atoms with Gasteiger partial charge in [-0.2, -0.15) is 0 Å². The number of halogens is 1. The Morgan fingerprint density at radius 1 is 0.240 bits per heavy atom. The summed E-state index contributed by atoms with van der Waals surface area (Å²) >= 11 is 3.31. The van der Waals surface area contributed by atoms with Crippen LogP contribution in [0.2, 0.25) is 0 Å². The second-order valence-electron chi connectivity index (χ2n) is 26.2. The first-order chi connectivity index (χ1) is 51.1. The average molecular weight is 1400 g/mol. The molecular weight excluding hydrogens is 1330 g/mol. The van der Waals surface area contributed by atoms with Crippen LogP contribution in [0.25, 0.3) is 182 Å². The lowest BCUT2D eigenvalue weighted by Gasteiger charge is -2.16. The van der Waals surface area contributed by atoms with E-state index in [2.05, 4.69) is 347 Å². The molecule has 14 aromatic carbocycles. The highest BCUT2D eigenvalue weighted by molar-refractivity contribution is 9.10. The van der Waals surface area contributed by atoms with Crippen LogP contribution in [0, 0.1) is 0 Å². The monoisotopic (exact) mass is 1400 g/mol. The second-order valence-corrected chi connectivity index (χ2v) is 27.2. The zero-order valence-electron chi connectivity index (χ0n) is 55.6. The Hall–Kier alpha value is -13.3. The largest absolute Gasteiger partial charge is 0.353 e. The van der Waals surface area contributed by atoms with Crippen LogP contribution in [-0.4, -0.2) is 37.8 Å². The SMILES string of the molecule is Brc1ccccc1.C.c1ccc(-n2c3ccccc3c3cc(-c4cc(-n5c6ccccc6c6ccccc65)c5[nH]c6ccccc6c5c4)ccc32)nc1.c1ccc(-n2c3ccccc3c3cc(-c4ccc5c(c4)c4ccccc4n5-c4ccccn4)cc(-n4c5ccccc5c5ccccc54)c32)cc1. The number of H-pyrrole nitrogens is 1. The molecule has 0 bridgehead atoms. The number of fused-ring (bicyclic) bond motifs is 18. The van der Waals surface area contributed by atoms with Gasteiger partial charge in [0.05, 0.1) is 72.1 Å². The highest BCUT2D eigenvalue weighted by atomic mass is 79.9. The third-order valence-electron chi connectivity index (χ3n) is 20.5. The number of hydrogen-bond acceptors (Lipinski definition) is 2. The van der Waals surface area contributed by atoms with Crippen LogP contribution in [0.15, 0.2) is 369 Å². The molecule has 9 heteroatoms. The van der Waals surface area contributed by atoms with Crippen molar-refractivity contribution in [1.29, 1.82) is 0 Å². The molecule has 0 radical (unpaired) electrons. The maximum absolute atomic E-state index is 4.74. The molecule has 492 valence electrons. The summed E-state index contributed by atoms with van der Waals surface area (Å²) in [7, 11) is 0. The number of nitrogens with zero attached hydrogens (tertiary/aromatic N) is 7. The molecule has 8 nitrogen and oxygen atoms in total. The number of benzene rings is 14. The predicted molar refractivity (Wildman–Crippen MR) is 441 cm³/mol. The van der Waals surface area contributed by atoms with Crippen molar-refractivity contribution in [1.82, 2.24) is 37.8 Å². The number of para-hydroxylation sites is 9. The molecule has 8 aromatic heterocycles. The Kier molecular flexibility index (Phi) is 15.1. The minimum atomic E-state index is 0. The summed E-state index contributed by atoms with van der Waals surface area (Å²) < 4.78 is 13.0. The second kappa shape index (κ2) is 25.4. The zero-order valence-corrected chi connectivity index (χ0v) is 57.2. The molecule has 0 aliphatic heterocycles. The van der Waals surface area contributed by atoms with Gasteiger partial charge in [-0.25, -0.2) is 9.97 Å². The van der Waals surface area contributed by atoms with Gasteiger partial charge >= 0.3 is 0 Å². The van der Waals surface area contributed by atoms with Crippen LogP contribution in [0.3, 0.4) is 0 Å². The van der Waals surface area contributed by atoms with E-state index in [1.165, 1.54) is 120 Å². The van der Waals surface area contributed by atoms with Crippen LogP contribution < -0.4 is 0 Å². The van der Waals surface area contributed by atoms with E-state index < -0.39 is 0 Å². The van der Waals surface area contributed by atoms with Gasteiger partial charge in [-0.3, -0.25) is 9.13 Å². The number of pyridine rings is 2. The van der Waals surface area contributed by atoms with E-state index in [9.17, 15) is 0 Å². The fourth-order valence-corrected chi connectivity index (χ4v) is 16.4. The number of aromatic amines is 1. The first-order valence-corrected chi connectivity index (χ1v) is 35.6. The van der Waals surface area contributed by atoms with E-state index in [0.717, 1.165) is 66.3 Å². The molecule has 0 atom stereocenters. The van der Waals surface area contributed by atoms with E-state index in [4.69, 9.17) is 9.97 Å². The van der Waals surface area contributed by atoms with Gasteiger partial charge in [0.1, 0.15) is 11.6 Å². The lowest BCUT2D eigenvalue weighted by Crippen LogP contribution is -2.01. The molecule has 8 heterocycles. The van der Waals surface area contributed by atoms with Gasteiger partial charge in [-0.1, -0.05) is 230 Å². The number of aromatic nitrogens is 8. The zero-order chi connectivity index (χ0) is 68.1. The smallest absolute Gasteiger partial charge is 0.137 e. The van der Waals surface area contributed by atoms with Crippen molar-refractivity contribution in [3.8, 4) is 51.0 Å². The van der Waals surface area contributed by atoms with Gasteiger partial charge < -0.3 is 18.7 Å². The first-order valence-electron chi connectivity index (χ1n) is 34.8. The molecule has 0 aliphatic rings. The standard InChI is InChI=1S/C47H30N4.C41H26N4.C6H5Br.CH4/c1-2-14-33(15-3-1)49-40-20-8-7-19-37(40)39-29-32(30-45(47(39)49)50-41-21-9-4-16-34(41)35-17-5-10-22-42(35)50)31-25-26-44-38(28-31)36-18-6-11-23-43(36)51(44)46-24-12-13-27-48-46;1-5-15-34-28(11-1)33-24-27(25-39(41(33)43-34)44-35-16-6-2-12-29(35)30-13-3-7-17-36(30)44)26-20-21-38-32(23-26)31-14-4-8-18-37(31)45(38)40-19-9-10-22-42-40;7-6-4-2-1-3-5-6;/h1-30H;1-25,43H;1-5H;1H4. The van der Waals surface area contributed by atoms with E-state index in [1.807, 2.05) is 60.9 Å². The fourth-order valence-electron chi connectivity index (χ4n) is 16.1. The lowest BCUT2D eigenvalue weighted by molar-refractivity contribution is 1.08. The van der Waals surface area contributed by atoms with Crippen molar-refractivity contribution < 1.29 is 0 Å². The molecule has 0 fully saturated rings. The summed E-state index contributed by atoms with van der Waals surface area (Å²) in [5, 5.41) is 14.8. The summed E-state index contributed by atoms with van der Waals surface area (Å²) in [6.45, 7) is 0. The first kappa shape index (κ1) is 61.7. The van der Waals surface area contributed by atoms with Gasteiger partial charge in [-0.15, -0.1) is 0 Å². The molecule has 0 aliphatic carbocycles. The summed E-state index contributed by atoms with van der Waals surface area (Å²) in [4.78, 5) is 13.2. The lowest BCUT2D eigenvalue weighted by atomic mass is 9.99. The molecule has 0 spiro atoms. The van der Waals surface area contributed by atoms with E-state index >= 15 is 0 Å². The molecule has 22 rings (SSSR count). The van der Waals surface area contributed by atoms with Crippen molar-refractivity contribution in [2.45, 2.75) is 7.43 Å². The Morgan fingerprint density at radius 2 is 0.577 bits per heavy atom. The van der Waals surface area contributed by atoms with Gasteiger partial charge in [0.25, 0.3) is 0 Å². The van der Waals surface area contributed by atoms with Gasteiger partial charge in [0.15, 0.2) is 0 Å². The molecule has 0 amide bonds. The molecule has 0 saturated carbocycles. The van der Waals surface area contributed by atoms with Gasteiger partial charge in [0.2, 0.25) is 0 Å². The molecule has 0 saturated heterocycles. The molecule has 104 heavy (non-hydrogen) atoms. The normalized spacial score (nSPS) is 11.6. The Balaban J connectivity index is 0.000000130. The number of rotatable bonds is 7. The Bertz CT molecular complexity index is 6950. The summed E-state index contributed by atoms with van der Waals surface area (Å²) in [5.41, 5.74) is 22.2. The molecule has 0 unspecified atom stereocenters. The highest BCUT2D eigenvalue weighted by Crippen LogP contribution is 2.45. The fraction of sp³-hybridized carbons (Fsp3) is 0.0105. The maximum atomic E-state index is 4.74. The van der Waals surface area contributed by atoms with Crippen LogP contribution in [0.5, 0.6) is 0 Å². The predicted octanol–water partition coefficient (Wildman–Crippen LogP) is 25.7. The maximum Gasteiger partial charge on any atom is 0.137 e. The third-order valence-corrected chi connectivity index (χ3v) is 21.0. The minimum absolute atomic E-state index is 0. The average Bonchev–Trinajstić information content (AvgIpc) is 1.55. The minimum Gasteiger partial charge on any atom is -0.353 e. The van der Waals surface area contributed by atoms with Crippen molar-refractivity contribution in [2.75, 3.05) is 0 Å². The van der Waals surface area contributed by atoms with Crippen molar-refractivity contribution >= 4 is 147 Å². The summed E-state index contributed by atoms with van der Waals surface area (Å²) in [5.74, 6) is 1.84. The third kappa shape index (κ3) is 10.0.